The predicted octanol–water partition coefficient (Wildman–Crippen LogP) is 1.41. The lowest BCUT2D eigenvalue weighted by molar-refractivity contribution is -0.122. The van der Waals surface area contributed by atoms with Crippen molar-refractivity contribution in [1.82, 2.24) is 5.32 Å². The molecule has 2 rings (SSSR count). The molecule has 1 heterocycles. The molecule has 1 fully saturated rings. The molecule has 5 nitrogen and oxygen atoms in total. The van der Waals surface area contributed by atoms with Gasteiger partial charge in [0.1, 0.15) is 6.04 Å². The first-order valence-corrected chi connectivity index (χ1v) is 6.57. The fourth-order valence-corrected chi connectivity index (χ4v) is 2.36. The number of hydrogen-bond acceptors (Lipinski definition) is 4. The molecule has 0 spiro atoms. The third-order valence-corrected chi connectivity index (χ3v) is 3.42. The van der Waals surface area contributed by atoms with Crippen LogP contribution in [0.4, 0.5) is 5.69 Å². The first-order valence-electron chi connectivity index (χ1n) is 6.57. The minimum absolute atomic E-state index is 0.111. The van der Waals surface area contributed by atoms with Gasteiger partial charge in [-0.15, -0.1) is 0 Å². The third-order valence-electron chi connectivity index (χ3n) is 3.42. The van der Waals surface area contributed by atoms with E-state index < -0.39 is 6.04 Å². The highest BCUT2D eigenvalue weighted by Gasteiger charge is 2.30. The normalized spacial score (nSPS) is 22.4. The van der Waals surface area contributed by atoms with Crippen LogP contribution in [0.5, 0.6) is 0 Å². The highest BCUT2D eigenvalue weighted by Crippen LogP contribution is 2.22. The number of amides is 1. The Morgan fingerprint density at radius 3 is 2.65 bits per heavy atom. The van der Waals surface area contributed by atoms with Crippen molar-refractivity contribution in [3.8, 4) is 12.1 Å². The van der Waals surface area contributed by atoms with Gasteiger partial charge in [-0.3, -0.25) is 4.79 Å². The fourth-order valence-electron chi connectivity index (χ4n) is 2.36. The van der Waals surface area contributed by atoms with E-state index in [1.54, 1.807) is 12.1 Å². The Labute approximate surface area is 118 Å². The molecule has 2 unspecified atom stereocenters. The highest BCUT2D eigenvalue weighted by atomic mass is 16.2. The van der Waals surface area contributed by atoms with Crippen molar-refractivity contribution in [3.05, 3.63) is 29.8 Å². The van der Waals surface area contributed by atoms with E-state index in [2.05, 4.69) is 24.4 Å². The summed E-state index contributed by atoms with van der Waals surface area (Å²) in [5.74, 6) is 0.193. The zero-order chi connectivity index (χ0) is 14.5. The molecule has 20 heavy (non-hydrogen) atoms. The molecule has 1 saturated heterocycles. The fraction of sp³-hybridized carbons (Fsp3) is 0.400. The number of carbonyl (C=O) groups is 1. The Morgan fingerprint density at radius 2 is 2.05 bits per heavy atom. The number of carbonyl (C=O) groups excluding carboxylic acids is 1. The molecular formula is C15H16N4O. The Hall–Kier alpha value is -2.53. The van der Waals surface area contributed by atoms with Gasteiger partial charge >= 0.3 is 0 Å². The lowest BCUT2D eigenvalue weighted by atomic mass is 10.1. The quantitative estimate of drug-likeness (QED) is 0.879. The lowest BCUT2D eigenvalue weighted by Gasteiger charge is -2.30. The predicted molar refractivity (Wildman–Crippen MR) is 74.7 cm³/mol. The molecule has 1 aromatic carbocycles. The van der Waals surface area contributed by atoms with Gasteiger partial charge in [0.2, 0.25) is 5.91 Å². The topological polar surface area (TPSA) is 79.9 Å². The van der Waals surface area contributed by atoms with Crippen LogP contribution in [-0.2, 0) is 4.79 Å². The van der Waals surface area contributed by atoms with Crippen LogP contribution in [-0.4, -0.2) is 25.0 Å². The van der Waals surface area contributed by atoms with Gasteiger partial charge in [0.05, 0.1) is 24.1 Å². The van der Waals surface area contributed by atoms with Gasteiger partial charge in [0, 0.05) is 18.8 Å². The Balaban J connectivity index is 2.34. The molecule has 1 amide bonds. The second-order valence-corrected chi connectivity index (χ2v) is 5.04. The number of benzene rings is 1. The first kappa shape index (κ1) is 13.9. The molecule has 0 radical (unpaired) electrons. The number of nitriles is 2. The van der Waals surface area contributed by atoms with Crippen LogP contribution in [0.15, 0.2) is 24.3 Å². The van der Waals surface area contributed by atoms with Gasteiger partial charge in [-0.1, -0.05) is 6.92 Å². The number of nitrogens with one attached hydrogen (secondary N) is 1. The molecular weight excluding hydrogens is 252 g/mol. The average Bonchev–Trinajstić information content (AvgIpc) is 2.61. The van der Waals surface area contributed by atoms with Crippen LogP contribution in [0.1, 0.15) is 18.9 Å². The van der Waals surface area contributed by atoms with Crippen LogP contribution >= 0.6 is 0 Å². The van der Waals surface area contributed by atoms with Crippen LogP contribution in [0, 0.1) is 28.6 Å². The summed E-state index contributed by atoms with van der Waals surface area (Å²) < 4.78 is 0. The molecule has 0 aromatic heterocycles. The van der Waals surface area contributed by atoms with E-state index >= 15 is 0 Å². The van der Waals surface area contributed by atoms with Crippen molar-refractivity contribution < 1.29 is 4.79 Å². The lowest BCUT2D eigenvalue weighted by Crippen LogP contribution is -2.44. The summed E-state index contributed by atoms with van der Waals surface area (Å²) in [6.45, 7) is 3.39. The molecule has 0 saturated carbocycles. The molecule has 2 atom stereocenters. The SMILES string of the molecule is CC1CNC(=O)C(CC#N)N(c2ccc(C#N)cc2)C1. The van der Waals surface area contributed by atoms with Gasteiger partial charge in [0.25, 0.3) is 0 Å². The van der Waals surface area contributed by atoms with Crippen molar-refractivity contribution in [2.24, 2.45) is 5.92 Å². The van der Waals surface area contributed by atoms with Crippen molar-refractivity contribution >= 4 is 11.6 Å². The summed E-state index contributed by atoms with van der Waals surface area (Å²) in [7, 11) is 0. The Kier molecular flexibility index (Phi) is 4.22. The van der Waals surface area contributed by atoms with Gasteiger partial charge in [0.15, 0.2) is 0 Å². The molecule has 0 aliphatic carbocycles. The van der Waals surface area contributed by atoms with E-state index in [0.29, 0.717) is 24.6 Å². The van der Waals surface area contributed by atoms with Crippen molar-refractivity contribution in [3.63, 3.8) is 0 Å². The molecule has 0 bridgehead atoms. The van der Waals surface area contributed by atoms with E-state index in [0.717, 1.165) is 5.69 Å². The number of nitrogens with zero attached hydrogens (tertiary/aromatic N) is 3. The summed E-state index contributed by atoms with van der Waals surface area (Å²) in [6.07, 6.45) is 0.151. The van der Waals surface area contributed by atoms with E-state index in [-0.39, 0.29) is 12.3 Å². The van der Waals surface area contributed by atoms with E-state index in [1.165, 1.54) is 0 Å². The molecule has 1 aromatic rings. The second-order valence-electron chi connectivity index (χ2n) is 5.04. The Morgan fingerprint density at radius 1 is 1.35 bits per heavy atom. The van der Waals surface area contributed by atoms with E-state index in [9.17, 15) is 4.79 Å². The van der Waals surface area contributed by atoms with Crippen molar-refractivity contribution in [2.45, 2.75) is 19.4 Å². The largest absolute Gasteiger partial charge is 0.358 e. The van der Waals surface area contributed by atoms with Crippen LogP contribution in [0.3, 0.4) is 0 Å². The van der Waals surface area contributed by atoms with Crippen LogP contribution < -0.4 is 10.2 Å². The number of anilines is 1. The maximum atomic E-state index is 12.1. The first-order chi connectivity index (χ1) is 9.65. The minimum Gasteiger partial charge on any atom is -0.358 e. The number of hydrogen-bond donors (Lipinski definition) is 1. The third kappa shape index (κ3) is 2.89. The summed E-state index contributed by atoms with van der Waals surface area (Å²) >= 11 is 0. The van der Waals surface area contributed by atoms with Crippen LogP contribution in [0.25, 0.3) is 0 Å². The molecule has 5 heteroatoms. The maximum Gasteiger partial charge on any atom is 0.243 e. The molecule has 1 aliphatic heterocycles. The average molecular weight is 268 g/mol. The Bertz CT molecular complexity index is 567. The molecule has 1 aliphatic rings. The second kappa shape index (κ2) is 6.08. The van der Waals surface area contributed by atoms with Gasteiger partial charge < -0.3 is 10.2 Å². The van der Waals surface area contributed by atoms with Crippen LogP contribution in [0.2, 0.25) is 0 Å². The minimum atomic E-state index is -0.474. The summed E-state index contributed by atoms with van der Waals surface area (Å²) in [6, 6.07) is 10.8. The van der Waals surface area contributed by atoms with Crippen molar-refractivity contribution in [1.29, 1.82) is 10.5 Å². The zero-order valence-corrected chi connectivity index (χ0v) is 11.3. The van der Waals surface area contributed by atoms with E-state index in [4.69, 9.17) is 10.5 Å². The molecule has 102 valence electrons. The maximum absolute atomic E-state index is 12.1. The van der Waals surface area contributed by atoms with Gasteiger partial charge in [-0.25, -0.2) is 0 Å². The molecule has 1 N–H and O–H groups in total. The zero-order valence-electron chi connectivity index (χ0n) is 11.3. The van der Waals surface area contributed by atoms with Crippen molar-refractivity contribution in [2.75, 3.05) is 18.0 Å². The van der Waals surface area contributed by atoms with Gasteiger partial charge in [-0.2, -0.15) is 10.5 Å². The smallest absolute Gasteiger partial charge is 0.243 e. The highest BCUT2D eigenvalue weighted by molar-refractivity contribution is 5.86. The standard InChI is InChI=1S/C15H16N4O/c1-11-9-18-15(20)14(6-7-16)19(10-11)13-4-2-12(8-17)3-5-13/h2-5,11,14H,6,9-10H2,1H3,(H,18,20). The number of rotatable bonds is 2. The summed E-state index contributed by atoms with van der Waals surface area (Å²) in [5, 5.41) is 20.6. The van der Waals surface area contributed by atoms with Gasteiger partial charge in [-0.05, 0) is 30.2 Å². The summed E-state index contributed by atoms with van der Waals surface area (Å²) in [5.41, 5.74) is 1.45. The monoisotopic (exact) mass is 268 g/mol. The van der Waals surface area contributed by atoms with E-state index in [1.807, 2.05) is 17.0 Å². The summed E-state index contributed by atoms with van der Waals surface area (Å²) in [4.78, 5) is 14.1.